The third-order valence-corrected chi connectivity index (χ3v) is 4.24. The van der Waals surface area contributed by atoms with Gasteiger partial charge in [0.1, 0.15) is 0 Å². The highest BCUT2D eigenvalue weighted by Gasteiger charge is 2.16. The first-order valence-electron chi connectivity index (χ1n) is 6.84. The average molecular weight is 256 g/mol. The number of fused-ring (bicyclic) bond motifs is 6. The van der Waals surface area contributed by atoms with E-state index in [1.807, 2.05) is 13.1 Å². The second kappa shape index (κ2) is 3.28. The topological polar surface area (TPSA) is 17.3 Å². The van der Waals surface area contributed by atoms with Crippen molar-refractivity contribution in [3.8, 4) is 0 Å². The van der Waals surface area contributed by atoms with Gasteiger partial charge in [-0.2, -0.15) is 0 Å². The lowest BCUT2D eigenvalue weighted by Crippen LogP contribution is -1.83. The first-order chi connectivity index (χ1) is 9.84. The van der Waals surface area contributed by atoms with Gasteiger partial charge in [-0.05, 0) is 19.1 Å². The first kappa shape index (κ1) is 10.2. The van der Waals surface area contributed by atoms with Gasteiger partial charge in [-0.25, -0.2) is 0 Å². The molecule has 0 fully saturated rings. The molecule has 0 unspecified atom stereocenters. The Morgan fingerprint density at radius 2 is 1.55 bits per heavy atom. The standard InChI is InChI=1S/C18H12N2/c1-11-9-17-15(10-19-11)14-7-4-6-13-12-5-2-3-8-16(12)20(17)18(13)14/h2-10H,1H3. The van der Waals surface area contributed by atoms with E-state index in [0.29, 0.717) is 0 Å². The zero-order valence-electron chi connectivity index (χ0n) is 11.1. The van der Waals surface area contributed by atoms with Gasteiger partial charge in [-0.3, -0.25) is 4.98 Å². The molecule has 2 heteroatoms. The van der Waals surface area contributed by atoms with Gasteiger partial charge in [0.05, 0.1) is 16.6 Å². The van der Waals surface area contributed by atoms with E-state index in [1.165, 1.54) is 38.1 Å². The highest BCUT2D eigenvalue weighted by atomic mass is 14.9. The van der Waals surface area contributed by atoms with E-state index in [4.69, 9.17) is 0 Å². The van der Waals surface area contributed by atoms with Crippen LogP contribution >= 0.6 is 0 Å². The van der Waals surface area contributed by atoms with Gasteiger partial charge < -0.3 is 4.40 Å². The molecule has 0 aliphatic heterocycles. The fraction of sp³-hybridized carbons (Fsp3) is 0.0556. The SMILES string of the molecule is Cc1cc2c(cn1)c1cccc3c4ccccc4n2c31. The third-order valence-electron chi connectivity index (χ3n) is 4.24. The molecule has 0 radical (unpaired) electrons. The lowest BCUT2D eigenvalue weighted by Gasteiger charge is -1.97. The van der Waals surface area contributed by atoms with Crippen LogP contribution < -0.4 is 0 Å². The van der Waals surface area contributed by atoms with Crippen LogP contribution in [0.4, 0.5) is 0 Å². The Kier molecular flexibility index (Phi) is 1.68. The van der Waals surface area contributed by atoms with Gasteiger partial charge >= 0.3 is 0 Å². The molecule has 0 spiro atoms. The molecule has 0 atom stereocenters. The summed E-state index contributed by atoms with van der Waals surface area (Å²) < 4.78 is 2.38. The van der Waals surface area contributed by atoms with Crippen molar-refractivity contribution in [2.24, 2.45) is 0 Å². The second-order valence-electron chi connectivity index (χ2n) is 5.40. The van der Waals surface area contributed by atoms with Crippen LogP contribution in [-0.4, -0.2) is 9.38 Å². The van der Waals surface area contributed by atoms with Gasteiger partial charge in [0.15, 0.2) is 0 Å². The quantitative estimate of drug-likeness (QED) is 0.397. The Balaban J connectivity index is 2.28. The number of pyridine rings is 1. The van der Waals surface area contributed by atoms with Crippen molar-refractivity contribution in [3.63, 3.8) is 0 Å². The van der Waals surface area contributed by atoms with Crippen LogP contribution in [0, 0.1) is 6.92 Å². The lowest BCUT2D eigenvalue weighted by atomic mass is 10.1. The highest BCUT2D eigenvalue weighted by molar-refractivity contribution is 6.22. The van der Waals surface area contributed by atoms with Crippen LogP contribution in [-0.2, 0) is 0 Å². The molecule has 0 saturated heterocycles. The molecule has 94 valence electrons. The number of hydrogen-bond donors (Lipinski definition) is 0. The van der Waals surface area contributed by atoms with Crippen LogP contribution in [0.1, 0.15) is 5.69 Å². The fourth-order valence-corrected chi connectivity index (χ4v) is 3.42. The molecule has 0 N–H and O–H groups in total. The molecule has 3 heterocycles. The Morgan fingerprint density at radius 1 is 0.800 bits per heavy atom. The minimum Gasteiger partial charge on any atom is -0.308 e. The van der Waals surface area contributed by atoms with E-state index in [-0.39, 0.29) is 0 Å². The minimum absolute atomic E-state index is 1.06. The number of aromatic nitrogens is 2. The number of hydrogen-bond acceptors (Lipinski definition) is 1. The van der Waals surface area contributed by atoms with E-state index in [1.54, 1.807) is 0 Å². The van der Waals surface area contributed by atoms with Crippen molar-refractivity contribution in [3.05, 3.63) is 60.4 Å². The van der Waals surface area contributed by atoms with E-state index in [2.05, 4.69) is 57.9 Å². The number of benzene rings is 2. The summed E-state index contributed by atoms with van der Waals surface area (Å²) in [6.07, 6.45) is 2.00. The lowest BCUT2D eigenvalue weighted by molar-refractivity contribution is 1.21. The summed E-state index contributed by atoms with van der Waals surface area (Å²) in [4.78, 5) is 4.47. The van der Waals surface area contributed by atoms with Crippen LogP contribution in [0.25, 0.3) is 38.1 Å². The molecule has 0 saturated carbocycles. The maximum absolute atomic E-state index is 4.47. The molecule has 0 aliphatic rings. The maximum atomic E-state index is 4.47. The predicted molar refractivity (Wildman–Crippen MR) is 83.6 cm³/mol. The van der Waals surface area contributed by atoms with Crippen LogP contribution in [0.5, 0.6) is 0 Å². The van der Waals surface area contributed by atoms with Gasteiger partial charge in [0.2, 0.25) is 0 Å². The molecule has 3 aromatic heterocycles. The molecular weight excluding hydrogens is 244 g/mol. The fourth-order valence-electron chi connectivity index (χ4n) is 3.42. The molecule has 2 aromatic carbocycles. The summed E-state index contributed by atoms with van der Waals surface area (Å²) in [6, 6.07) is 17.4. The van der Waals surface area contributed by atoms with Crippen LogP contribution in [0.2, 0.25) is 0 Å². The number of nitrogens with zero attached hydrogens (tertiary/aromatic N) is 2. The zero-order chi connectivity index (χ0) is 13.3. The van der Waals surface area contributed by atoms with Gasteiger partial charge in [-0.15, -0.1) is 0 Å². The predicted octanol–water partition coefficient (Wildman–Crippen LogP) is 4.54. The number of para-hydroxylation sites is 2. The molecule has 2 nitrogen and oxygen atoms in total. The molecule has 5 aromatic rings. The summed E-state index contributed by atoms with van der Waals surface area (Å²) in [5.41, 5.74) is 4.91. The molecule has 0 amide bonds. The smallest absolute Gasteiger partial charge is 0.0621 e. The number of aryl methyl sites for hydroxylation is 1. The summed E-state index contributed by atoms with van der Waals surface area (Å²) in [6.45, 7) is 2.05. The molecular formula is C18H12N2. The van der Waals surface area contributed by atoms with Gasteiger partial charge in [0.25, 0.3) is 0 Å². The number of rotatable bonds is 0. The van der Waals surface area contributed by atoms with Crippen LogP contribution in [0.3, 0.4) is 0 Å². The minimum atomic E-state index is 1.06. The molecule has 0 aliphatic carbocycles. The van der Waals surface area contributed by atoms with Crippen molar-refractivity contribution in [1.82, 2.24) is 9.38 Å². The summed E-state index contributed by atoms with van der Waals surface area (Å²) >= 11 is 0. The van der Waals surface area contributed by atoms with Crippen molar-refractivity contribution >= 4 is 38.1 Å². The Labute approximate surface area is 115 Å². The Hall–Kier alpha value is -2.61. The molecule has 0 bridgehead atoms. The van der Waals surface area contributed by atoms with E-state index < -0.39 is 0 Å². The average Bonchev–Trinajstić information content (AvgIpc) is 2.98. The van der Waals surface area contributed by atoms with E-state index >= 15 is 0 Å². The maximum Gasteiger partial charge on any atom is 0.0621 e. The normalized spacial score (nSPS) is 12.2. The van der Waals surface area contributed by atoms with Crippen molar-refractivity contribution in [1.29, 1.82) is 0 Å². The third kappa shape index (κ3) is 1.04. The largest absolute Gasteiger partial charge is 0.308 e. The Morgan fingerprint density at radius 3 is 2.45 bits per heavy atom. The summed E-state index contributed by atoms with van der Waals surface area (Å²) in [7, 11) is 0. The van der Waals surface area contributed by atoms with Crippen molar-refractivity contribution < 1.29 is 0 Å². The van der Waals surface area contributed by atoms with Crippen LogP contribution in [0.15, 0.2) is 54.7 Å². The van der Waals surface area contributed by atoms with Gasteiger partial charge in [-0.1, -0.05) is 36.4 Å². The summed E-state index contributed by atoms with van der Waals surface area (Å²) in [5, 5.41) is 5.18. The van der Waals surface area contributed by atoms with E-state index in [9.17, 15) is 0 Å². The molecule has 5 rings (SSSR count). The van der Waals surface area contributed by atoms with Crippen molar-refractivity contribution in [2.75, 3.05) is 0 Å². The molecule has 20 heavy (non-hydrogen) atoms. The monoisotopic (exact) mass is 256 g/mol. The zero-order valence-corrected chi connectivity index (χ0v) is 11.1. The van der Waals surface area contributed by atoms with E-state index in [0.717, 1.165) is 5.69 Å². The highest BCUT2D eigenvalue weighted by Crippen LogP contribution is 2.38. The second-order valence-corrected chi connectivity index (χ2v) is 5.40. The van der Waals surface area contributed by atoms with Gasteiger partial charge in [0, 0.05) is 33.4 Å². The summed E-state index contributed by atoms with van der Waals surface area (Å²) in [5.74, 6) is 0. The first-order valence-corrected chi connectivity index (χ1v) is 6.84. The van der Waals surface area contributed by atoms with Crippen molar-refractivity contribution in [2.45, 2.75) is 6.92 Å². The Bertz CT molecular complexity index is 1100.